The number of aromatic nitrogens is 3. The number of carbonyl (C=O) groups is 1. The summed E-state index contributed by atoms with van der Waals surface area (Å²) in [5, 5.41) is 10.4. The van der Waals surface area contributed by atoms with Crippen molar-refractivity contribution in [2.24, 2.45) is 0 Å². The molecule has 2 aromatic heterocycles. The molecule has 0 radical (unpaired) electrons. The Hall–Kier alpha value is -2.30. The standard InChI is InChI=1S/C13H14N4O/c1-9-5-12(17-16-6-9)13(18)15-8-11-3-4-14-7-10(11)2/h3-7H,8H2,1-2H3,(H,15,18). The van der Waals surface area contributed by atoms with Crippen molar-refractivity contribution in [2.45, 2.75) is 20.4 Å². The summed E-state index contributed by atoms with van der Waals surface area (Å²) in [5.41, 5.74) is 3.34. The van der Waals surface area contributed by atoms with E-state index in [0.717, 1.165) is 16.7 Å². The maximum Gasteiger partial charge on any atom is 0.272 e. The van der Waals surface area contributed by atoms with Crippen molar-refractivity contribution >= 4 is 5.91 Å². The number of rotatable bonds is 3. The molecule has 0 unspecified atom stereocenters. The molecule has 0 saturated carbocycles. The van der Waals surface area contributed by atoms with Crippen LogP contribution < -0.4 is 5.32 Å². The van der Waals surface area contributed by atoms with Gasteiger partial charge < -0.3 is 5.32 Å². The summed E-state index contributed by atoms with van der Waals surface area (Å²) in [5.74, 6) is -0.220. The first-order valence-electron chi connectivity index (χ1n) is 5.64. The van der Waals surface area contributed by atoms with Gasteiger partial charge in [0.1, 0.15) is 0 Å². The Kier molecular flexibility index (Phi) is 3.62. The number of hydrogen-bond donors (Lipinski definition) is 1. The fourth-order valence-corrected chi connectivity index (χ4v) is 1.54. The van der Waals surface area contributed by atoms with Crippen molar-refractivity contribution in [1.82, 2.24) is 20.5 Å². The number of pyridine rings is 1. The van der Waals surface area contributed by atoms with Gasteiger partial charge in [-0.2, -0.15) is 5.10 Å². The molecule has 92 valence electrons. The molecule has 2 rings (SSSR count). The zero-order chi connectivity index (χ0) is 13.0. The zero-order valence-electron chi connectivity index (χ0n) is 10.3. The maximum absolute atomic E-state index is 11.9. The molecule has 0 aliphatic carbocycles. The van der Waals surface area contributed by atoms with E-state index in [2.05, 4.69) is 20.5 Å². The van der Waals surface area contributed by atoms with E-state index in [9.17, 15) is 4.79 Å². The second-order valence-electron chi connectivity index (χ2n) is 4.10. The van der Waals surface area contributed by atoms with Gasteiger partial charge in [-0.15, -0.1) is 5.10 Å². The van der Waals surface area contributed by atoms with Crippen molar-refractivity contribution in [1.29, 1.82) is 0 Å². The van der Waals surface area contributed by atoms with Crippen LogP contribution in [0.2, 0.25) is 0 Å². The van der Waals surface area contributed by atoms with Gasteiger partial charge in [-0.05, 0) is 42.7 Å². The number of carbonyl (C=O) groups excluding carboxylic acids is 1. The van der Waals surface area contributed by atoms with E-state index in [1.807, 2.05) is 19.9 Å². The van der Waals surface area contributed by atoms with Gasteiger partial charge in [-0.3, -0.25) is 9.78 Å². The lowest BCUT2D eigenvalue weighted by Crippen LogP contribution is -2.24. The first kappa shape index (κ1) is 12.2. The van der Waals surface area contributed by atoms with E-state index in [0.29, 0.717) is 12.2 Å². The Balaban J connectivity index is 2.03. The van der Waals surface area contributed by atoms with Crippen LogP contribution in [0, 0.1) is 13.8 Å². The van der Waals surface area contributed by atoms with Crippen molar-refractivity contribution in [3.8, 4) is 0 Å². The molecule has 2 heterocycles. The largest absolute Gasteiger partial charge is 0.347 e. The molecule has 0 aliphatic rings. The molecule has 1 amide bonds. The molecule has 0 atom stereocenters. The predicted molar refractivity (Wildman–Crippen MR) is 66.9 cm³/mol. The zero-order valence-corrected chi connectivity index (χ0v) is 10.3. The third-order valence-corrected chi connectivity index (χ3v) is 2.60. The minimum absolute atomic E-state index is 0.220. The van der Waals surface area contributed by atoms with Crippen LogP contribution in [0.4, 0.5) is 0 Å². The van der Waals surface area contributed by atoms with Gasteiger partial charge in [0.2, 0.25) is 0 Å². The second kappa shape index (κ2) is 5.35. The average Bonchev–Trinajstić information content (AvgIpc) is 2.37. The van der Waals surface area contributed by atoms with Crippen LogP contribution in [0.1, 0.15) is 27.2 Å². The van der Waals surface area contributed by atoms with E-state index in [-0.39, 0.29) is 5.91 Å². The quantitative estimate of drug-likeness (QED) is 0.883. The molecule has 0 saturated heterocycles. The van der Waals surface area contributed by atoms with Gasteiger partial charge in [0, 0.05) is 18.9 Å². The van der Waals surface area contributed by atoms with Crippen LogP contribution >= 0.6 is 0 Å². The van der Waals surface area contributed by atoms with Crippen LogP contribution in [0.3, 0.4) is 0 Å². The number of hydrogen-bond acceptors (Lipinski definition) is 4. The van der Waals surface area contributed by atoms with Crippen LogP contribution in [0.25, 0.3) is 0 Å². The van der Waals surface area contributed by atoms with E-state index >= 15 is 0 Å². The summed E-state index contributed by atoms with van der Waals surface area (Å²) in [4.78, 5) is 15.9. The van der Waals surface area contributed by atoms with E-state index in [1.165, 1.54) is 0 Å². The maximum atomic E-state index is 11.9. The monoisotopic (exact) mass is 242 g/mol. The van der Waals surface area contributed by atoms with Gasteiger partial charge in [0.25, 0.3) is 5.91 Å². The van der Waals surface area contributed by atoms with Gasteiger partial charge in [-0.25, -0.2) is 0 Å². The number of nitrogens with zero attached hydrogens (tertiary/aromatic N) is 3. The summed E-state index contributed by atoms with van der Waals surface area (Å²) < 4.78 is 0. The van der Waals surface area contributed by atoms with Crippen LogP contribution in [-0.2, 0) is 6.54 Å². The lowest BCUT2D eigenvalue weighted by Gasteiger charge is -2.06. The number of nitrogens with one attached hydrogen (secondary N) is 1. The molecule has 18 heavy (non-hydrogen) atoms. The third-order valence-electron chi connectivity index (χ3n) is 2.60. The topological polar surface area (TPSA) is 67.8 Å². The van der Waals surface area contributed by atoms with E-state index < -0.39 is 0 Å². The molecular weight excluding hydrogens is 228 g/mol. The highest BCUT2D eigenvalue weighted by Gasteiger charge is 2.08. The Labute approximate surface area is 105 Å². The number of aryl methyl sites for hydroxylation is 2. The summed E-state index contributed by atoms with van der Waals surface area (Å²) in [7, 11) is 0. The van der Waals surface area contributed by atoms with Crippen LogP contribution in [0.5, 0.6) is 0 Å². The fraction of sp³-hybridized carbons (Fsp3) is 0.231. The molecule has 5 nitrogen and oxygen atoms in total. The highest BCUT2D eigenvalue weighted by Crippen LogP contribution is 2.05. The van der Waals surface area contributed by atoms with Crippen molar-refractivity contribution in [3.05, 3.63) is 53.1 Å². The molecule has 0 fully saturated rings. The summed E-state index contributed by atoms with van der Waals surface area (Å²) in [6.07, 6.45) is 5.10. The second-order valence-corrected chi connectivity index (χ2v) is 4.10. The van der Waals surface area contributed by atoms with Gasteiger partial charge in [0.05, 0.1) is 6.20 Å². The highest BCUT2D eigenvalue weighted by atomic mass is 16.1. The normalized spacial score (nSPS) is 10.1. The van der Waals surface area contributed by atoms with Crippen LogP contribution in [0.15, 0.2) is 30.7 Å². The summed E-state index contributed by atoms with van der Waals surface area (Å²) >= 11 is 0. The molecule has 0 bridgehead atoms. The van der Waals surface area contributed by atoms with Gasteiger partial charge >= 0.3 is 0 Å². The predicted octanol–water partition coefficient (Wildman–Crippen LogP) is 1.42. The Morgan fingerprint density at radius 1 is 1.33 bits per heavy atom. The minimum atomic E-state index is -0.220. The van der Waals surface area contributed by atoms with Crippen LogP contribution in [-0.4, -0.2) is 21.1 Å². The molecule has 5 heteroatoms. The summed E-state index contributed by atoms with van der Waals surface area (Å²) in [6.45, 7) is 4.29. The molecular formula is C13H14N4O. The Morgan fingerprint density at radius 3 is 2.89 bits per heavy atom. The Bertz CT molecular complexity index is 568. The average molecular weight is 242 g/mol. The lowest BCUT2D eigenvalue weighted by atomic mass is 10.1. The van der Waals surface area contributed by atoms with Gasteiger partial charge in [0.15, 0.2) is 5.69 Å². The molecule has 0 spiro atoms. The third kappa shape index (κ3) is 2.88. The fourth-order valence-electron chi connectivity index (χ4n) is 1.54. The molecule has 0 aliphatic heterocycles. The summed E-state index contributed by atoms with van der Waals surface area (Å²) in [6, 6.07) is 3.60. The van der Waals surface area contributed by atoms with Crippen molar-refractivity contribution < 1.29 is 4.79 Å². The minimum Gasteiger partial charge on any atom is -0.347 e. The van der Waals surface area contributed by atoms with E-state index in [1.54, 1.807) is 24.7 Å². The lowest BCUT2D eigenvalue weighted by molar-refractivity contribution is 0.0944. The van der Waals surface area contributed by atoms with E-state index in [4.69, 9.17) is 0 Å². The molecule has 2 aromatic rings. The molecule has 1 N–H and O–H groups in total. The van der Waals surface area contributed by atoms with Crippen molar-refractivity contribution in [3.63, 3.8) is 0 Å². The van der Waals surface area contributed by atoms with Gasteiger partial charge in [-0.1, -0.05) is 0 Å². The highest BCUT2D eigenvalue weighted by molar-refractivity contribution is 5.92. The smallest absolute Gasteiger partial charge is 0.272 e. The SMILES string of the molecule is Cc1cnnc(C(=O)NCc2ccncc2C)c1. The van der Waals surface area contributed by atoms with Crippen molar-refractivity contribution in [2.75, 3.05) is 0 Å². The molecule has 0 aromatic carbocycles. The first-order chi connectivity index (χ1) is 8.66. The Morgan fingerprint density at radius 2 is 2.17 bits per heavy atom. The number of amides is 1. The first-order valence-corrected chi connectivity index (χ1v) is 5.64.